The number of carbonyl (C=O) groups excluding carboxylic acids is 1. The van der Waals surface area contributed by atoms with Gasteiger partial charge in [0.1, 0.15) is 18.2 Å². The Labute approximate surface area is 181 Å². The highest BCUT2D eigenvalue weighted by molar-refractivity contribution is 5.79. The van der Waals surface area contributed by atoms with Gasteiger partial charge in [0.15, 0.2) is 0 Å². The molecule has 2 unspecified atom stereocenters. The topological polar surface area (TPSA) is 110 Å². The molecule has 0 aliphatic heterocycles. The minimum absolute atomic E-state index is 0.0809. The average Bonchev–Trinajstić information content (AvgIpc) is 2.70. The molecule has 2 aromatic carbocycles. The van der Waals surface area contributed by atoms with Gasteiger partial charge in [-0.1, -0.05) is 38.1 Å². The van der Waals surface area contributed by atoms with Crippen molar-refractivity contribution < 1.29 is 34.3 Å². The number of ether oxygens (including phenoxy) is 1. The number of aliphatic carboxylic acids is 1. The average molecular weight is 431 g/mol. The Morgan fingerprint density at radius 3 is 2.45 bits per heavy atom. The summed E-state index contributed by atoms with van der Waals surface area (Å²) in [6, 6.07) is 9.62. The van der Waals surface area contributed by atoms with Crippen LogP contribution in [0.2, 0.25) is 0 Å². The van der Waals surface area contributed by atoms with Gasteiger partial charge in [-0.25, -0.2) is 4.39 Å². The van der Waals surface area contributed by atoms with Crippen LogP contribution in [0.25, 0.3) is 17.2 Å². The van der Waals surface area contributed by atoms with E-state index in [2.05, 4.69) is 0 Å². The van der Waals surface area contributed by atoms with Crippen LogP contribution >= 0.6 is 0 Å². The van der Waals surface area contributed by atoms with Gasteiger partial charge < -0.3 is 30.0 Å². The van der Waals surface area contributed by atoms with Crippen LogP contribution in [0.1, 0.15) is 43.7 Å². The first-order valence-electron chi connectivity index (χ1n) is 10.1. The van der Waals surface area contributed by atoms with Gasteiger partial charge in [-0.3, -0.25) is 0 Å². The molecule has 0 aliphatic carbocycles. The third-order valence-corrected chi connectivity index (χ3v) is 4.72. The van der Waals surface area contributed by atoms with Gasteiger partial charge in [-0.15, -0.1) is 0 Å². The minimum atomic E-state index is -1.39. The molecule has 2 atom stereocenters. The van der Waals surface area contributed by atoms with Crippen molar-refractivity contribution >= 4 is 12.0 Å². The summed E-state index contributed by atoms with van der Waals surface area (Å²) in [6.45, 7) is 3.99. The van der Waals surface area contributed by atoms with Crippen molar-refractivity contribution in [2.75, 3.05) is 13.2 Å². The molecule has 168 valence electrons. The largest absolute Gasteiger partial charge is 0.550 e. The number of rotatable bonds is 11. The summed E-state index contributed by atoms with van der Waals surface area (Å²) in [7, 11) is 0. The number of carbonyl (C=O) groups is 1. The van der Waals surface area contributed by atoms with Gasteiger partial charge in [0.2, 0.25) is 0 Å². The molecule has 0 amide bonds. The molecule has 0 aliphatic rings. The van der Waals surface area contributed by atoms with Crippen LogP contribution in [0.4, 0.5) is 4.39 Å². The van der Waals surface area contributed by atoms with E-state index in [1.165, 1.54) is 18.2 Å². The zero-order valence-corrected chi connectivity index (χ0v) is 17.6. The van der Waals surface area contributed by atoms with Crippen molar-refractivity contribution in [2.24, 2.45) is 0 Å². The predicted molar refractivity (Wildman–Crippen MR) is 114 cm³/mol. The fourth-order valence-electron chi connectivity index (χ4n) is 3.27. The summed E-state index contributed by atoms with van der Waals surface area (Å²) < 4.78 is 19.1. The molecule has 0 heterocycles. The van der Waals surface area contributed by atoms with Crippen molar-refractivity contribution in [3.63, 3.8) is 0 Å². The zero-order valence-electron chi connectivity index (χ0n) is 17.6. The highest BCUT2D eigenvalue weighted by atomic mass is 19.1. The Balaban J connectivity index is 2.47. The minimum Gasteiger partial charge on any atom is -0.550 e. The Bertz CT molecular complexity index is 892. The Morgan fingerprint density at radius 1 is 1.19 bits per heavy atom. The van der Waals surface area contributed by atoms with Crippen LogP contribution < -0.4 is 9.84 Å². The lowest BCUT2D eigenvalue weighted by Crippen LogP contribution is -2.29. The molecule has 0 bridgehead atoms. The highest BCUT2D eigenvalue weighted by Gasteiger charge is 2.16. The fourth-order valence-corrected chi connectivity index (χ4v) is 3.27. The number of aliphatic hydroxyl groups is 3. The van der Waals surface area contributed by atoms with Gasteiger partial charge in [0.25, 0.3) is 0 Å². The van der Waals surface area contributed by atoms with Gasteiger partial charge in [-0.2, -0.15) is 0 Å². The lowest BCUT2D eigenvalue weighted by Gasteiger charge is -2.19. The molecule has 2 aromatic rings. The highest BCUT2D eigenvalue weighted by Crippen LogP contribution is 2.36. The monoisotopic (exact) mass is 431 g/mol. The van der Waals surface area contributed by atoms with E-state index in [-0.39, 0.29) is 31.4 Å². The first kappa shape index (κ1) is 24.5. The van der Waals surface area contributed by atoms with Crippen LogP contribution in [0.3, 0.4) is 0 Å². The van der Waals surface area contributed by atoms with Crippen LogP contribution in [-0.2, 0) is 4.79 Å². The second-order valence-corrected chi connectivity index (χ2v) is 7.60. The smallest absolute Gasteiger partial charge is 0.123 e. The Morgan fingerprint density at radius 2 is 1.87 bits per heavy atom. The van der Waals surface area contributed by atoms with Crippen LogP contribution in [-0.4, -0.2) is 46.7 Å². The van der Waals surface area contributed by atoms with E-state index in [4.69, 9.17) is 9.84 Å². The summed E-state index contributed by atoms with van der Waals surface area (Å²) in [6.07, 6.45) is 0.201. The molecule has 2 rings (SSSR count). The van der Waals surface area contributed by atoms with E-state index in [1.54, 1.807) is 24.3 Å². The third-order valence-electron chi connectivity index (χ3n) is 4.72. The molecule has 0 radical (unpaired) electrons. The molecule has 31 heavy (non-hydrogen) atoms. The number of halogens is 1. The summed E-state index contributed by atoms with van der Waals surface area (Å²) in [5.74, 6) is -1.12. The first-order chi connectivity index (χ1) is 14.7. The SMILES string of the molecule is CC(C)c1cc(OCCO)cc(-c2ccc(F)cc2)c1/C=C/C(O)CC(O)CC(=O)[O-]. The third kappa shape index (κ3) is 7.47. The fraction of sp³-hybridized carbons (Fsp3) is 0.375. The van der Waals surface area contributed by atoms with E-state index < -0.39 is 24.6 Å². The molecule has 0 aromatic heterocycles. The molecule has 3 N–H and O–H groups in total. The Kier molecular flexibility index (Phi) is 9.18. The number of carboxylic acids is 1. The number of aliphatic hydroxyl groups excluding tert-OH is 3. The molecule has 0 spiro atoms. The molecule has 0 saturated heterocycles. The lowest BCUT2D eigenvalue weighted by molar-refractivity contribution is -0.307. The van der Waals surface area contributed by atoms with Crippen LogP contribution in [0, 0.1) is 5.82 Å². The van der Waals surface area contributed by atoms with E-state index in [9.17, 15) is 24.5 Å². The van der Waals surface area contributed by atoms with Gasteiger partial charge in [0, 0.05) is 18.8 Å². The summed E-state index contributed by atoms with van der Waals surface area (Å²) in [5.41, 5.74) is 3.18. The van der Waals surface area contributed by atoms with E-state index in [0.29, 0.717) is 5.75 Å². The maximum absolute atomic E-state index is 13.5. The van der Waals surface area contributed by atoms with Crippen molar-refractivity contribution in [3.05, 3.63) is 59.4 Å². The Hall–Kier alpha value is -2.74. The van der Waals surface area contributed by atoms with Crippen LogP contribution in [0.15, 0.2) is 42.5 Å². The number of carboxylic acid groups (broad SMARTS) is 1. The van der Waals surface area contributed by atoms with E-state index in [1.807, 2.05) is 19.9 Å². The molecular weight excluding hydrogens is 403 g/mol. The van der Waals surface area contributed by atoms with Gasteiger partial charge in [0.05, 0.1) is 18.8 Å². The summed E-state index contributed by atoms with van der Waals surface area (Å²) in [5, 5.41) is 39.6. The van der Waals surface area contributed by atoms with Gasteiger partial charge >= 0.3 is 0 Å². The van der Waals surface area contributed by atoms with Crippen molar-refractivity contribution in [3.8, 4) is 16.9 Å². The predicted octanol–water partition coefficient (Wildman–Crippen LogP) is 2.25. The lowest BCUT2D eigenvalue weighted by atomic mass is 9.89. The summed E-state index contributed by atoms with van der Waals surface area (Å²) in [4.78, 5) is 10.6. The zero-order chi connectivity index (χ0) is 23.0. The normalized spacial score (nSPS) is 13.5. The molecule has 0 saturated carbocycles. The number of hydrogen-bond acceptors (Lipinski definition) is 6. The number of hydrogen-bond donors (Lipinski definition) is 3. The molecule has 6 nitrogen and oxygen atoms in total. The quantitative estimate of drug-likeness (QED) is 0.503. The number of benzene rings is 2. The molecule has 0 fully saturated rings. The van der Waals surface area contributed by atoms with Crippen molar-refractivity contribution in [1.82, 2.24) is 0 Å². The summed E-state index contributed by atoms with van der Waals surface area (Å²) >= 11 is 0. The van der Waals surface area contributed by atoms with Crippen molar-refractivity contribution in [2.45, 2.75) is 44.8 Å². The second kappa shape index (κ2) is 11.6. The molecular formula is C24H28FO6-. The van der Waals surface area contributed by atoms with Crippen LogP contribution in [0.5, 0.6) is 5.75 Å². The molecule has 7 heteroatoms. The first-order valence-corrected chi connectivity index (χ1v) is 10.1. The van der Waals surface area contributed by atoms with E-state index >= 15 is 0 Å². The maximum Gasteiger partial charge on any atom is 0.123 e. The van der Waals surface area contributed by atoms with Crippen molar-refractivity contribution in [1.29, 1.82) is 0 Å². The van der Waals surface area contributed by atoms with Gasteiger partial charge in [-0.05, 0) is 52.4 Å². The standard InChI is InChI=1S/C24H29FO6/c1-15(2)22-13-20(31-10-9-26)14-23(16-3-5-17(25)6-4-16)21(22)8-7-18(27)11-19(28)12-24(29)30/h3-8,13-15,18-19,26-28H,9-12H2,1-2H3,(H,29,30)/p-1/b8-7+. The van der Waals surface area contributed by atoms with E-state index in [0.717, 1.165) is 22.3 Å². The second-order valence-electron chi connectivity index (χ2n) is 7.60. The maximum atomic E-state index is 13.5.